The van der Waals surface area contributed by atoms with Gasteiger partial charge in [-0.2, -0.15) is 0 Å². The van der Waals surface area contributed by atoms with Crippen molar-refractivity contribution in [2.45, 2.75) is 13.8 Å². The highest BCUT2D eigenvalue weighted by Crippen LogP contribution is 2.14. The number of nitrogens with zero attached hydrogens (tertiary/aromatic N) is 4. The van der Waals surface area contributed by atoms with Crippen LogP contribution in [-0.2, 0) is 10.0 Å². The molecule has 2 aromatic heterocycles. The van der Waals surface area contributed by atoms with Gasteiger partial charge in [-0.25, -0.2) is 27.7 Å². The topological polar surface area (TPSA) is 104 Å². The summed E-state index contributed by atoms with van der Waals surface area (Å²) in [6.45, 7) is 4.90. The van der Waals surface area contributed by atoms with Gasteiger partial charge in [0.2, 0.25) is 10.0 Å². The minimum absolute atomic E-state index is 0.0221. The molecule has 0 radical (unpaired) electrons. The number of fused-ring (bicyclic) bond motifs is 1. The molecule has 110 valence electrons. The highest BCUT2D eigenvalue weighted by atomic mass is 32.2. The SMILES string of the molecule is CCN(CC)S(=O)(=O)CCNc1ncnc2nc[nH]c12. The molecule has 20 heavy (non-hydrogen) atoms. The predicted molar refractivity (Wildman–Crippen MR) is 76.9 cm³/mol. The molecule has 0 saturated carbocycles. The Kier molecular flexibility index (Phi) is 4.50. The van der Waals surface area contributed by atoms with Crippen LogP contribution in [0.2, 0.25) is 0 Å². The Morgan fingerprint density at radius 1 is 1.25 bits per heavy atom. The van der Waals surface area contributed by atoms with Gasteiger partial charge in [-0.15, -0.1) is 0 Å². The molecule has 0 atom stereocenters. The van der Waals surface area contributed by atoms with Gasteiger partial charge < -0.3 is 10.3 Å². The van der Waals surface area contributed by atoms with Crippen LogP contribution in [0.3, 0.4) is 0 Å². The van der Waals surface area contributed by atoms with Crippen molar-refractivity contribution < 1.29 is 8.42 Å². The van der Waals surface area contributed by atoms with Crippen molar-refractivity contribution in [3.63, 3.8) is 0 Å². The van der Waals surface area contributed by atoms with Crippen LogP contribution in [0.5, 0.6) is 0 Å². The first-order valence-electron chi connectivity index (χ1n) is 6.44. The third-order valence-corrected chi connectivity index (χ3v) is 5.00. The molecule has 9 heteroatoms. The standard InChI is InChI=1S/C11H18N6O2S/c1-3-17(4-2)20(18,19)6-5-12-10-9-11(14-7-13-9)16-8-15-10/h7-8H,3-6H2,1-2H3,(H2,12,13,14,15,16). The van der Waals surface area contributed by atoms with Gasteiger partial charge in [-0.05, 0) is 0 Å². The second kappa shape index (κ2) is 6.14. The van der Waals surface area contributed by atoms with Gasteiger partial charge >= 0.3 is 0 Å². The van der Waals surface area contributed by atoms with Gasteiger partial charge in [-0.3, -0.25) is 0 Å². The maximum Gasteiger partial charge on any atom is 0.215 e. The quantitative estimate of drug-likeness (QED) is 0.768. The molecular formula is C11H18N6O2S. The van der Waals surface area contributed by atoms with Crippen molar-refractivity contribution in [3.8, 4) is 0 Å². The summed E-state index contributed by atoms with van der Waals surface area (Å²) in [6.07, 6.45) is 2.92. The van der Waals surface area contributed by atoms with E-state index >= 15 is 0 Å². The van der Waals surface area contributed by atoms with Crippen molar-refractivity contribution >= 4 is 27.0 Å². The van der Waals surface area contributed by atoms with Crippen LogP contribution in [0.25, 0.3) is 11.2 Å². The maximum absolute atomic E-state index is 12.0. The molecule has 0 saturated heterocycles. The number of aromatic amines is 1. The molecule has 0 amide bonds. The van der Waals surface area contributed by atoms with Crippen LogP contribution >= 0.6 is 0 Å². The molecule has 0 aliphatic carbocycles. The molecule has 0 fully saturated rings. The Morgan fingerprint density at radius 2 is 2.00 bits per heavy atom. The maximum atomic E-state index is 12.0. The van der Waals surface area contributed by atoms with Crippen LogP contribution in [-0.4, -0.2) is 58.0 Å². The number of hydrogen-bond donors (Lipinski definition) is 2. The molecule has 0 unspecified atom stereocenters. The van der Waals surface area contributed by atoms with Crippen LogP contribution in [0, 0.1) is 0 Å². The van der Waals surface area contributed by atoms with Crippen LogP contribution < -0.4 is 5.32 Å². The monoisotopic (exact) mass is 298 g/mol. The fourth-order valence-corrected chi connectivity index (χ4v) is 3.35. The molecule has 0 spiro atoms. The summed E-state index contributed by atoms with van der Waals surface area (Å²) in [6, 6.07) is 0. The summed E-state index contributed by atoms with van der Waals surface area (Å²) in [5.41, 5.74) is 1.22. The van der Waals surface area contributed by atoms with E-state index in [-0.39, 0.29) is 12.3 Å². The number of aromatic nitrogens is 4. The second-order valence-electron chi connectivity index (χ2n) is 4.15. The number of nitrogens with one attached hydrogen (secondary N) is 2. The Morgan fingerprint density at radius 3 is 2.70 bits per heavy atom. The predicted octanol–water partition coefficient (Wildman–Crippen LogP) is 0.436. The van der Waals surface area contributed by atoms with Crippen LogP contribution in [0.1, 0.15) is 13.8 Å². The molecule has 0 bridgehead atoms. The number of sulfonamides is 1. The third-order valence-electron chi connectivity index (χ3n) is 2.97. The van der Waals surface area contributed by atoms with Gasteiger partial charge in [0, 0.05) is 19.6 Å². The van der Waals surface area contributed by atoms with Crippen LogP contribution in [0.4, 0.5) is 5.82 Å². The Labute approximate surface area is 117 Å². The van der Waals surface area contributed by atoms with Crippen molar-refractivity contribution in [1.29, 1.82) is 0 Å². The Hall–Kier alpha value is -1.74. The van der Waals surface area contributed by atoms with Crippen molar-refractivity contribution in [1.82, 2.24) is 24.2 Å². The summed E-state index contributed by atoms with van der Waals surface area (Å²) in [5, 5.41) is 3.00. The number of H-pyrrole nitrogens is 1. The zero-order valence-electron chi connectivity index (χ0n) is 11.5. The largest absolute Gasteiger partial charge is 0.367 e. The minimum Gasteiger partial charge on any atom is -0.367 e. The normalized spacial score (nSPS) is 12.2. The number of rotatable bonds is 7. The highest BCUT2D eigenvalue weighted by Gasteiger charge is 2.18. The lowest BCUT2D eigenvalue weighted by Gasteiger charge is -2.18. The molecular weight excluding hydrogens is 280 g/mol. The van der Waals surface area contributed by atoms with Crippen molar-refractivity contribution in [2.24, 2.45) is 0 Å². The van der Waals surface area contributed by atoms with Crippen molar-refractivity contribution in [2.75, 3.05) is 30.7 Å². The first kappa shape index (κ1) is 14.7. The Bertz CT molecular complexity index is 664. The van der Waals surface area contributed by atoms with Gasteiger partial charge in [0.25, 0.3) is 0 Å². The number of anilines is 1. The average Bonchev–Trinajstić information content (AvgIpc) is 2.88. The van der Waals surface area contributed by atoms with E-state index < -0.39 is 10.0 Å². The van der Waals surface area contributed by atoms with Gasteiger partial charge in [0.1, 0.15) is 11.8 Å². The summed E-state index contributed by atoms with van der Waals surface area (Å²) < 4.78 is 25.5. The summed E-state index contributed by atoms with van der Waals surface area (Å²) in [7, 11) is -3.23. The second-order valence-corrected chi connectivity index (χ2v) is 6.24. The fourth-order valence-electron chi connectivity index (χ4n) is 1.94. The van der Waals surface area contributed by atoms with Gasteiger partial charge in [-0.1, -0.05) is 13.8 Å². The third kappa shape index (κ3) is 3.05. The molecule has 2 aromatic rings. The van der Waals surface area contributed by atoms with E-state index in [1.807, 2.05) is 13.8 Å². The molecule has 8 nitrogen and oxygen atoms in total. The van der Waals surface area contributed by atoms with E-state index in [2.05, 4.69) is 25.3 Å². The van der Waals surface area contributed by atoms with Gasteiger partial charge in [0.15, 0.2) is 11.5 Å². The average molecular weight is 298 g/mol. The van der Waals surface area contributed by atoms with Crippen molar-refractivity contribution in [3.05, 3.63) is 12.7 Å². The molecule has 2 N–H and O–H groups in total. The van der Waals surface area contributed by atoms with Crippen LogP contribution in [0.15, 0.2) is 12.7 Å². The molecule has 2 heterocycles. The lowest BCUT2D eigenvalue weighted by Crippen LogP contribution is -2.34. The highest BCUT2D eigenvalue weighted by molar-refractivity contribution is 7.89. The zero-order valence-corrected chi connectivity index (χ0v) is 12.3. The molecule has 2 rings (SSSR count). The fraction of sp³-hybridized carbons (Fsp3) is 0.545. The van der Waals surface area contributed by atoms with E-state index in [1.54, 1.807) is 0 Å². The first-order chi connectivity index (χ1) is 9.58. The number of imidazole rings is 1. The summed E-state index contributed by atoms with van der Waals surface area (Å²) in [4.78, 5) is 15.0. The molecule has 0 aliphatic heterocycles. The minimum atomic E-state index is -3.23. The van der Waals surface area contributed by atoms with Gasteiger partial charge in [0.05, 0.1) is 12.1 Å². The van der Waals surface area contributed by atoms with E-state index in [0.717, 1.165) is 0 Å². The molecule has 0 aromatic carbocycles. The van der Waals surface area contributed by atoms with E-state index in [4.69, 9.17) is 0 Å². The molecule has 0 aliphatic rings. The zero-order chi connectivity index (χ0) is 14.6. The lowest BCUT2D eigenvalue weighted by molar-refractivity contribution is 0.446. The van der Waals surface area contributed by atoms with E-state index in [1.165, 1.54) is 17.0 Å². The Balaban J connectivity index is 2.01. The first-order valence-corrected chi connectivity index (χ1v) is 8.05. The summed E-state index contributed by atoms with van der Waals surface area (Å²) in [5.74, 6) is 0.580. The summed E-state index contributed by atoms with van der Waals surface area (Å²) >= 11 is 0. The lowest BCUT2D eigenvalue weighted by atomic mass is 10.5. The van der Waals surface area contributed by atoms with E-state index in [9.17, 15) is 8.42 Å². The number of hydrogen-bond acceptors (Lipinski definition) is 6. The van der Waals surface area contributed by atoms with E-state index in [0.29, 0.717) is 30.1 Å². The smallest absolute Gasteiger partial charge is 0.215 e.